The molecule has 0 fully saturated rings. The SMILES string of the molecule is CCCCOC(=O)C1=C(C(=O)OCC)C=CC=I1. The minimum absolute atomic E-state index is 0.302. The van der Waals surface area contributed by atoms with Crippen LogP contribution >= 0.6 is 20.7 Å². The lowest BCUT2D eigenvalue weighted by molar-refractivity contribution is -0.141. The number of ether oxygens (including phenoxy) is 2. The summed E-state index contributed by atoms with van der Waals surface area (Å²) in [5, 5.41) is 0. The minimum Gasteiger partial charge on any atom is -0.462 e. The van der Waals surface area contributed by atoms with Gasteiger partial charge in [0.25, 0.3) is 0 Å². The highest BCUT2D eigenvalue weighted by Crippen LogP contribution is 2.25. The fourth-order valence-electron chi connectivity index (χ4n) is 1.26. The zero-order chi connectivity index (χ0) is 13.4. The summed E-state index contributed by atoms with van der Waals surface area (Å²) < 4.78 is 12.5. The molecule has 1 aliphatic heterocycles. The van der Waals surface area contributed by atoms with Crippen molar-refractivity contribution in [1.29, 1.82) is 0 Å². The molecule has 0 radical (unpaired) electrons. The normalized spacial score (nSPS) is 14.1. The molecule has 0 N–H and O–H groups in total. The number of allylic oxidation sites excluding steroid dienone is 1. The zero-order valence-corrected chi connectivity index (χ0v) is 12.7. The number of hydrogen-bond donors (Lipinski definition) is 0. The lowest BCUT2D eigenvalue weighted by Crippen LogP contribution is -2.14. The van der Waals surface area contributed by atoms with E-state index in [2.05, 4.69) is 0 Å². The van der Waals surface area contributed by atoms with Gasteiger partial charge in [-0.25, -0.2) is 9.59 Å². The third kappa shape index (κ3) is 4.36. The third-order valence-corrected chi connectivity index (χ3v) is 4.57. The van der Waals surface area contributed by atoms with E-state index in [1.807, 2.05) is 10.9 Å². The Hall–Kier alpha value is -0.980. The summed E-state index contributed by atoms with van der Waals surface area (Å²) in [7, 11) is 0. The largest absolute Gasteiger partial charge is 0.462 e. The van der Waals surface area contributed by atoms with Gasteiger partial charge in [0.15, 0.2) is 0 Å². The Bertz CT molecular complexity index is 407. The molecule has 4 nitrogen and oxygen atoms in total. The van der Waals surface area contributed by atoms with Gasteiger partial charge in [0.1, 0.15) is 3.58 Å². The summed E-state index contributed by atoms with van der Waals surface area (Å²) in [5.74, 6) is -0.816. The summed E-state index contributed by atoms with van der Waals surface area (Å²) in [6.45, 7) is 4.48. The predicted molar refractivity (Wildman–Crippen MR) is 78.8 cm³/mol. The number of hydrogen-bond acceptors (Lipinski definition) is 4. The molecule has 1 rings (SSSR count). The molecule has 18 heavy (non-hydrogen) atoms. The highest BCUT2D eigenvalue weighted by Gasteiger charge is 2.21. The zero-order valence-electron chi connectivity index (χ0n) is 10.6. The van der Waals surface area contributed by atoms with Crippen molar-refractivity contribution in [2.24, 2.45) is 0 Å². The quantitative estimate of drug-likeness (QED) is 0.413. The lowest BCUT2D eigenvalue weighted by Gasteiger charge is -2.10. The topological polar surface area (TPSA) is 52.6 Å². The molecule has 5 heteroatoms. The molecule has 0 aliphatic carbocycles. The summed E-state index contributed by atoms with van der Waals surface area (Å²) in [6.07, 6.45) is 5.23. The maximum absolute atomic E-state index is 11.9. The number of halogens is 1. The average Bonchev–Trinajstić information content (AvgIpc) is 2.39. The monoisotopic (exact) mass is 364 g/mol. The van der Waals surface area contributed by atoms with Crippen molar-refractivity contribution in [3.8, 4) is 0 Å². The van der Waals surface area contributed by atoms with Gasteiger partial charge in [0.2, 0.25) is 0 Å². The molecule has 0 saturated heterocycles. The Morgan fingerprint density at radius 2 is 2.00 bits per heavy atom. The van der Waals surface area contributed by atoms with E-state index in [1.165, 1.54) is 0 Å². The summed E-state index contributed by atoms with van der Waals surface area (Å²) >= 11 is -0.606. The van der Waals surface area contributed by atoms with E-state index in [1.54, 1.807) is 19.1 Å². The van der Waals surface area contributed by atoms with Crippen LogP contribution in [0, 0.1) is 0 Å². The van der Waals surface area contributed by atoms with Gasteiger partial charge in [-0.1, -0.05) is 40.2 Å². The fraction of sp³-hybridized carbons (Fsp3) is 0.462. The number of carbonyl (C=O) groups is 2. The van der Waals surface area contributed by atoms with Gasteiger partial charge in [-0.15, -0.1) is 0 Å². The van der Waals surface area contributed by atoms with Crippen LogP contribution in [-0.2, 0) is 19.1 Å². The van der Waals surface area contributed by atoms with E-state index < -0.39 is 26.7 Å². The van der Waals surface area contributed by atoms with Crippen molar-refractivity contribution in [2.75, 3.05) is 13.2 Å². The molecular formula is C13H17IO4. The highest BCUT2D eigenvalue weighted by molar-refractivity contribution is 14.2. The van der Waals surface area contributed by atoms with Crippen LogP contribution in [0.5, 0.6) is 0 Å². The van der Waals surface area contributed by atoms with Gasteiger partial charge in [-0.05, 0) is 23.4 Å². The fourth-order valence-corrected chi connectivity index (χ4v) is 3.18. The number of unbranched alkanes of at least 4 members (excludes halogenated alkanes) is 1. The number of carbonyl (C=O) groups excluding carboxylic acids is 2. The molecule has 0 saturated carbocycles. The van der Waals surface area contributed by atoms with Crippen LogP contribution in [0.2, 0.25) is 0 Å². The first kappa shape index (κ1) is 15.1. The van der Waals surface area contributed by atoms with Crippen LogP contribution in [0.1, 0.15) is 26.7 Å². The molecule has 0 spiro atoms. The average molecular weight is 364 g/mol. The van der Waals surface area contributed by atoms with Gasteiger partial charge < -0.3 is 9.47 Å². The molecule has 0 bridgehead atoms. The first-order valence-corrected chi connectivity index (χ1v) is 8.24. The number of rotatable bonds is 6. The molecule has 0 atom stereocenters. The van der Waals surface area contributed by atoms with Gasteiger partial charge in [0, 0.05) is 0 Å². The summed E-state index contributed by atoms with van der Waals surface area (Å²) in [4.78, 5) is 23.6. The molecule has 0 amide bonds. The van der Waals surface area contributed by atoms with Gasteiger partial charge in [-0.3, -0.25) is 0 Å². The lowest BCUT2D eigenvalue weighted by atomic mass is 10.2. The summed E-state index contributed by atoms with van der Waals surface area (Å²) in [5.41, 5.74) is 0.355. The van der Waals surface area contributed by atoms with E-state index in [-0.39, 0.29) is 5.97 Å². The second kappa shape index (κ2) is 8.18. The van der Waals surface area contributed by atoms with Gasteiger partial charge >= 0.3 is 11.9 Å². The van der Waals surface area contributed by atoms with Crippen LogP contribution in [0.4, 0.5) is 0 Å². The van der Waals surface area contributed by atoms with Crippen LogP contribution in [-0.4, -0.2) is 29.2 Å². The van der Waals surface area contributed by atoms with Crippen LogP contribution in [0.3, 0.4) is 0 Å². The molecule has 1 heterocycles. The highest BCUT2D eigenvalue weighted by atomic mass is 127. The smallest absolute Gasteiger partial charge is 0.344 e. The molecule has 0 aromatic carbocycles. The molecule has 0 aromatic rings. The Labute approximate surface area is 117 Å². The van der Waals surface area contributed by atoms with Crippen molar-refractivity contribution in [3.63, 3.8) is 0 Å². The van der Waals surface area contributed by atoms with E-state index in [0.29, 0.717) is 22.4 Å². The Kier molecular flexibility index (Phi) is 6.85. The molecular weight excluding hydrogens is 347 g/mol. The summed E-state index contributed by atoms with van der Waals surface area (Å²) in [6, 6.07) is 0. The second-order valence-electron chi connectivity index (χ2n) is 3.53. The maximum atomic E-state index is 11.9. The molecule has 100 valence electrons. The first-order valence-electron chi connectivity index (χ1n) is 5.92. The first-order chi connectivity index (χ1) is 8.70. The van der Waals surface area contributed by atoms with E-state index in [0.717, 1.165) is 12.8 Å². The molecule has 0 unspecified atom stereocenters. The van der Waals surface area contributed by atoms with Crippen LogP contribution in [0.15, 0.2) is 21.3 Å². The van der Waals surface area contributed by atoms with Crippen molar-refractivity contribution in [2.45, 2.75) is 26.7 Å². The van der Waals surface area contributed by atoms with Crippen molar-refractivity contribution in [1.82, 2.24) is 0 Å². The number of esters is 2. The Morgan fingerprint density at radius 1 is 1.22 bits per heavy atom. The molecule has 0 aromatic heterocycles. The van der Waals surface area contributed by atoms with E-state index in [4.69, 9.17) is 9.47 Å². The minimum atomic E-state index is -0.606. The Morgan fingerprint density at radius 3 is 2.67 bits per heavy atom. The van der Waals surface area contributed by atoms with Crippen LogP contribution in [0.25, 0.3) is 0 Å². The van der Waals surface area contributed by atoms with Crippen LogP contribution < -0.4 is 0 Å². The van der Waals surface area contributed by atoms with Crippen molar-refractivity contribution < 1.29 is 19.1 Å². The third-order valence-electron chi connectivity index (χ3n) is 2.15. The van der Waals surface area contributed by atoms with E-state index in [9.17, 15) is 9.59 Å². The standard InChI is InChI=1S/C13H17IO4/c1-3-5-9-18-13(16)11-10(7-6-8-14-11)12(15)17-4-2/h6-8H,3-5,9H2,1-2H3. The van der Waals surface area contributed by atoms with Crippen molar-refractivity contribution in [3.05, 3.63) is 21.3 Å². The van der Waals surface area contributed by atoms with E-state index >= 15 is 0 Å². The van der Waals surface area contributed by atoms with Crippen molar-refractivity contribution >= 4 is 36.7 Å². The predicted octanol–water partition coefficient (Wildman–Crippen LogP) is 2.49. The second-order valence-corrected chi connectivity index (χ2v) is 5.95. The van der Waals surface area contributed by atoms with Gasteiger partial charge in [-0.2, -0.15) is 0 Å². The molecule has 1 aliphatic rings. The maximum Gasteiger partial charge on any atom is 0.344 e. The Balaban J connectivity index is 2.80. The van der Waals surface area contributed by atoms with Gasteiger partial charge in [0.05, 0.1) is 18.8 Å².